The molecule has 0 unspecified atom stereocenters. The lowest BCUT2D eigenvalue weighted by molar-refractivity contribution is 0.312. The molecule has 0 heterocycles. The predicted octanol–water partition coefficient (Wildman–Crippen LogP) is 2.42. The van der Waals surface area contributed by atoms with Gasteiger partial charge in [0.05, 0.1) is 0 Å². The highest BCUT2D eigenvalue weighted by molar-refractivity contribution is 9.09. The molecule has 0 amide bonds. The Morgan fingerprint density at radius 3 is 2.73 bits per heavy atom. The molecule has 1 saturated carbocycles. The number of allylic oxidation sites excluding steroid dienone is 1. The topological polar surface area (TPSA) is 3.24 Å². The van der Waals surface area contributed by atoms with Crippen LogP contribution in [0.5, 0.6) is 0 Å². The van der Waals surface area contributed by atoms with E-state index < -0.39 is 0 Å². The minimum Gasteiger partial charge on any atom is -0.296 e. The van der Waals surface area contributed by atoms with Crippen LogP contribution in [0.4, 0.5) is 0 Å². The van der Waals surface area contributed by atoms with E-state index in [9.17, 15) is 0 Å². The maximum absolute atomic E-state index is 3.47. The van der Waals surface area contributed by atoms with Gasteiger partial charge in [0.15, 0.2) is 0 Å². The number of hydrogen-bond acceptors (Lipinski definition) is 1. The van der Waals surface area contributed by atoms with Crippen molar-refractivity contribution < 1.29 is 0 Å². The first-order valence-corrected chi connectivity index (χ1v) is 5.41. The molecule has 1 rings (SSSR count). The van der Waals surface area contributed by atoms with E-state index in [2.05, 4.69) is 39.9 Å². The lowest BCUT2D eigenvalue weighted by Crippen LogP contribution is -2.28. The quantitative estimate of drug-likeness (QED) is 0.506. The van der Waals surface area contributed by atoms with E-state index in [1.54, 1.807) is 0 Å². The number of alkyl halides is 1. The van der Waals surface area contributed by atoms with Crippen LogP contribution in [-0.2, 0) is 0 Å². The average Bonchev–Trinajstić information content (AvgIpc) is 2.80. The molecule has 0 radical (unpaired) electrons. The third-order valence-electron chi connectivity index (χ3n) is 2.01. The van der Waals surface area contributed by atoms with E-state index in [1.807, 2.05) is 0 Å². The standard InChI is InChI=1S/C9H16BrN/c1-2-3-7-11(8-6-10)9-4-5-9/h2-3,9H,4-8H2,1H3/b3-2+. The first-order valence-electron chi connectivity index (χ1n) is 4.29. The van der Waals surface area contributed by atoms with Crippen molar-refractivity contribution in [3.8, 4) is 0 Å². The molecule has 64 valence electrons. The van der Waals surface area contributed by atoms with Crippen LogP contribution < -0.4 is 0 Å². The van der Waals surface area contributed by atoms with Crippen LogP contribution in [0.2, 0.25) is 0 Å². The second-order valence-corrected chi connectivity index (χ2v) is 3.78. The Bertz CT molecular complexity index is 130. The summed E-state index contributed by atoms with van der Waals surface area (Å²) in [6.45, 7) is 4.40. The van der Waals surface area contributed by atoms with Crippen molar-refractivity contribution in [2.24, 2.45) is 0 Å². The third kappa shape index (κ3) is 3.39. The van der Waals surface area contributed by atoms with E-state index >= 15 is 0 Å². The Hall–Kier alpha value is 0.180. The normalized spacial score (nSPS) is 18.5. The van der Waals surface area contributed by atoms with Gasteiger partial charge in [-0.2, -0.15) is 0 Å². The van der Waals surface area contributed by atoms with Crippen molar-refractivity contribution in [1.82, 2.24) is 4.90 Å². The molecule has 1 fully saturated rings. The molecule has 0 aliphatic heterocycles. The zero-order valence-electron chi connectivity index (χ0n) is 7.09. The number of hydrogen-bond donors (Lipinski definition) is 0. The van der Waals surface area contributed by atoms with Gasteiger partial charge < -0.3 is 0 Å². The second kappa shape index (κ2) is 4.94. The predicted molar refractivity (Wildman–Crippen MR) is 53.2 cm³/mol. The van der Waals surface area contributed by atoms with E-state index in [0.29, 0.717) is 0 Å². The summed E-state index contributed by atoms with van der Waals surface area (Å²) in [5, 5.41) is 1.10. The summed E-state index contributed by atoms with van der Waals surface area (Å²) in [5.74, 6) is 0. The fraction of sp³-hybridized carbons (Fsp3) is 0.778. The van der Waals surface area contributed by atoms with Crippen molar-refractivity contribution >= 4 is 15.9 Å². The highest BCUT2D eigenvalue weighted by Crippen LogP contribution is 2.26. The highest BCUT2D eigenvalue weighted by atomic mass is 79.9. The molecule has 1 aliphatic carbocycles. The van der Waals surface area contributed by atoms with Crippen molar-refractivity contribution in [2.75, 3.05) is 18.4 Å². The van der Waals surface area contributed by atoms with E-state index in [-0.39, 0.29) is 0 Å². The molecule has 0 spiro atoms. The largest absolute Gasteiger partial charge is 0.296 e. The number of halogens is 1. The van der Waals surface area contributed by atoms with Crippen LogP contribution in [0.15, 0.2) is 12.2 Å². The molecule has 2 heteroatoms. The SMILES string of the molecule is C/C=C/CN(CCBr)C1CC1. The van der Waals surface area contributed by atoms with Gasteiger partial charge in [-0.05, 0) is 19.8 Å². The molecule has 11 heavy (non-hydrogen) atoms. The van der Waals surface area contributed by atoms with Gasteiger partial charge in [0.1, 0.15) is 0 Å². The fourth-order valence-electron chi connectivity index (χ4n) is 1.21. The van der Waals surface area contributed by atoms with Gasteiger partial charge in [-0.1, -0.05) is 28.1 Å². The summed E-state index contributed by atoms with van der Waals surface area (Å²) in [6.07, 6.45) is 7.18. The van der Waals surface area contributed by atoms with Gasteiger partial charge in [-0.3, -0.25) is 4.90 Å². The van der Waals surface area contributed by atoms with Crippen molar-refractivity contribution in [3.05, 3.63) is 12.2 Å². The molecule has 0 aromatic rings. The van der Waals surface area contributed by atoms with Crippen molar-refractivity contribution in [2.45, 2.75) is 25.8 Å². The van der Waals surface area contributed by atoms with Gasteiger partial charge in [-0.25, -0.2) is 0 Å². The molecular formula is C9H16BrN. The zero-order chi connectivity index (χ0) is 8.10. The number of nitrogens with zero attached hydrogens (tertiary/aromatic N) is 1. The lowest BCUT2D eigenvalue weighted by atomic mass is 10.4. The minimum absolute atomic E-state index is 0.892. The van der Waals surface area contributed by atoms with Crippen molar-refractivity contribution in [3.63, 3.8) is 0 Å². The van der Waals surface area contributed by atoms with Gasteiger partial charge in [0, 0.05) is 24.5 Å². The maximum Gasteiger partial charge on any atom is 0.0166 e. The second-order valence-electron chi connectivity index (χ2n) is 2.98. The summed E-state index contributed by atoms with van der Waals surface area (Å²) in [4.78, 5) is 2.54. The molecule has 0 saturated heterocycles. The Balaban J connectivity index is 2.20. The van der Waals surface area contributed by atoms with Crippen LogP contribution in [0, 0.1) is 0 Å². The summed E-state index contributed by atoms with van der Waals surface area (Å²) in [6, 6.07) is 0.892. The fourth-order valence-corrected chi connectivity index (χ4v) is 1.67. The Morgan fingerprint density at radius 1 is 1.55 bits per heavy atom. The summed E-state index contributed by atoms with van der Waals surface area (Å²) < 4.78 is 0. The summed E-state index contributed by atoms with van der Waals surface area (Å²) >= 11 is 3.47. The maximum atomic E-state index is 3.47. The molecule has 0 N–H and O–H groups in total. The average molecular weight is 218 g/mol. The smallest absolute Gasteiger partial charge is 0.0166 e. The van der Waals surface area contributed by atoms with Gasteiger partial charge in [-0.15, -0.1) is 0 Å². The van der Waals surface area contributed by atoms with Crippen LogP contribution >= 0.6 is 15.9 Å². The molecule has 1 nitrogen and oxygen atoms in total. The Labute approximate surface area is 77.6 Å². The Kier molecular flexibility index (Phi) is 4.16. The van der Waals surface area contributed by atoms with Crippen LogP contribution in [0.1, 0.15) is 19.8 Å². The summed E-state index contributed by atoms with van der Waals surface area (Å²) in [5.41, 5.74) is 0. The van der Waals surface area contributed by atoms with Crippen LogP contribution in [-0.4, -0.2) is 29.4 Å². The molecule has 0 bridgehead atoms. The van der Waals surface area contributed by atoms with E-state index in [0.717, 1.165) is 17.9 Å². The lowest BCUT2D eigenvalue weighted by Gasteiger charge is -2.18. The first-order chi connectivity index (χ1) is 5.38. The van der Waals surface area contributed by atoms with Gasteiger partial charge >= 0.3 is 0 Å². The van der Waals surface area contributed by atoms with E-state index in [1.165, 1.54) is 19.4 Å². The monoisotopic (exact) mass is 217 g/mol. The third-order valence-corrected chi connectivity index (χ3v) is 2.37. The number of rotatable bonds is 5. The van der Waals surface area contributed by atoms with Gasteiger partial charge in [0.2, 0.25) is 0 Å². The molecule has 1 aliphatic rings. The highest BCUT2D eigenvalue weighted by Gasteiger charge is 2.27. The molecule has 0 aromatic heterocycles. The zero-order valence-corrected chi connectivity index (χ0v) is 8.68. The Morgan fingerprint density at radius 2 is 2.27 bits per heavy atom. The van der Waals surface area contributed by atoms with Gasteiger partial charge in [0.25, 0.3) is 0 Å². The molecule has 0 atom stereocenters. The molecule has 0 aromatic carbocycles. The van der Waals surface area contributed by atoms with E-state index in [4.69, 9.17) is 0 Å². The van der Waals surface area contributed by atoms with Crippen LogP contribution in [0.3, 0.4) is 0 Å². The van der Waals surface area contributed by atoms with Crippen molar-refractivity contribution in [1.29, 1.82) is 0 Å². The van der Waals surface area contributed by atoms with Crippen LogP contribution in [0.25, 0.3) is 0 Å². The molecular weight excluding hydrogens is 202 g/mol. The summed E-state index contributed by atoms with van der Waals surface area (Å²) in [7, 11) is 0. The first kappa shape index (κ1) is 9.27. The minimum atomic E-state index is 0.892.